The van der Waals surface area contributed by atoms with Crippen molar-refractivity contribution >= 4 is 38.9 Å². The molecule has 11 rings (SSSR count). The number of anilines is 3. The average Bonchev–Trinajstić information content (AvgIpc) is 3.94. The van der Waals surface area contributed by atoms with Crippen LogP contribution in [0.3, 0.4) is 0 Å². The molecule has 0 saturated carbocycles. The number of nitrogens with zero attached hydrogens (tertiary/aromatic N) is 4. The Balaban J connectivity index is 1.17. The van der Waals surface area contributed by atoms with Crippen molar-refractivity contribution < 1.29 is 9.05 Å². The summed E-state index contributed by atoms with van der Waals surface area (Å²) in [6.45, 7) is 1.97. The number of fused-ring (bicyclic) bond motifs is 7. The highest BCUT2D eigenvalue weighted by Gasteiger charge is 2.46. The van der Waals surface area contributed by atoms with E-state index in [2.05, 4.69) is 158 Å². The third kappa shape index (κ3) is 4.89. The van der Waals surface area contributed by atoms with Gasteiger partial charge in [-0.1, -0.05) is 141 Å². The van der Waals surface area contributed by atoms with Crippen LogP contribution in [0.5, 0.6) is 0 Å². The third-order valence-corrected chi connectivity index (χ3v) is 11.9. The molecule has 0 saturated heterocycles. The molecule has 0 amide bonds. The summed E-state index contributed by atoms with van der Waals surface area (Å²) < 4.78 is 27.1. The zero-order valence-electron chi connectivity index (χ0n) is 34.6. The monoisotopic (exact) mass is 739 g/mol. The number of hydroxylamine groups is 1. The molecule has 0 bridgehead atoms. The topological polar surface area (TPSA) is 33.5 Å². The van der Waals surface area contributed by atoms with Crippen molar-refractivity contribution in [3.63, 3.8) is 0 Å². The van der Waals surface area contributed by atoms with Crippen molar-refractivity contribution in [1.29, 1.82) is 0 Å². The molecular formula is C52H40N4O. The second-order valence-corrected chi connectivity index (χ2v) is 15.3. The maximum Gasteiger partial charge on any atom is 0.138 e. The Morgan fingerprint density at radius 2 is 1.25 bits per heavy atom. The van der Waals surface area contributed by atoms with Crippen LogP contribution in [0.15, 0.2) is 182 Å². The maximum atomic E-state index is 8.26. The molecule has 3 heterocycles. The normalized spacial score (nSPS) is 15.0. The van der Waals surface area contributed by atoms with Crippen LogP contribution in [0.25, 0.3) is 49.9 Å². The molecule has 2 aromatic heterocycles. The van der Waals surface area contributed by atoms with Gasteiger partial charge in [-0.05, 0) is 105 Å². The predicted octanol–water partition coefficient (Wildman–Crippen LogP) is 12.8. The second-order valence-electron chi connectivity index (χ2n) is 15.3. The Labute approximate surface area is 336 Å². The molecule has 0 spiro atoms. The fraction of sp³-hybridized carbons (Fsp3) is 0.0962. The molecule has 1 aliphatic heterocycles. The van der Waals surface area contributed by atoms with Gasteiger partial charge in [0.25, 0.3) is 0 Å². The van der Waals surface area contributed by atoms with E-state index in [4.69, 9.17) is 14.0 Å². The van der Waals surface area contributed by atoms with Crippen LogP contribution >= 0.6 is 0 Å². The lowest BCUT2D eigenvalue weighted by atomic mass is 9.67. The van der Waals surface area contributed by atoms with Gasteiger partial charge >= 0.3 is 0 Å². The minimum atomic E-state index is -2.51. The van der Waals surface area contributed by atoms with Crippen molar-refractivity contribution in [2.75, 3.05) is 17.1 Å². The van der Waals surface area contributed by atoms with Crippen LogP contribution in [-0.2, 0) is 10.4 Å². The van der Waals surface area contributed by atoms with Gasteiger partial charge in [0.1, 0.15) is 5.82 Å². The third-order valence-electron chi connectivity index (χ3n) is 11.9. The standard InChI is InChI=1S/C52H40N4O/c1-34(2)39-17-4-5-18-40(39)35-29-30-53-51(31-35)55-47-24-11-8-21-43(47)44-28-27-37(33-50(44)55)52(45-22-9-6-19-41(45)42-20-7-10-23-46(42)52)36-15-14-16-38(32-36)56-49-26-13-12-25-48(49)54(3)57-56/h4-34H,1-3H3/i3D3. The Bertz CT molecular complexity index is 3100. The summed E-state index contributed by atoms with van der Waals surface area (Å²) in [5.41, 5.74) is 13.7. The Kier molecular flexibility index (Phi) is 6.80. The summed E-state index contributed by atoms with van der Waals surface area (Å²) in [5.74, 6) is 1.22. The minimum absolute atomic E-state index is 0.368. The fourth-order valence-corrected chi connectivity index (χ4v) is 9.47. The van der Waals surface area contributed by atoms with Gasteiger partial charge in [-0.15, -0.1) is 4.94 Å². The first-order chi connectivity index (χ1) is 29.2. The average molecular weight is 740 g/mol. The molecule has 2 aliphatic rings. The molecule has 9 aromatic rings. The number of hydrogen-bond donors (Lipinski definition) is 0. The SMILES string of the molecule is [2H]C([2H])([2H])N1ON(c2cccc(C3(c4ccc5c6ccccc6n(-c6cc(-c7ccccc7C(C)C)ccn6)c5c4)c4ccccc4-c4ccccc43)c2)c2ccccc21. The number of pyridine rings is 1. The Morgan fingerprint density at radius 1 is 0.579 bits per heavy atom. The molecule has 1 aliphatic carbocycles. The number of rotatable bonds is 6. The molecule has 5 heteroatoms. The van der Waals surface area contributed by atoms with Crippen LogP contribution < -0.4 is 10.1 Å². The van der Waals surface area contributed by atoms with E-state index in [0.29, 0.717) is 23.0 Å². The lowest BCUT2D eigenvalue weighted by Gasteiger charge is -2.34. The summed E-state index contributed by atoms with van der Waals surface area (Å²) in [7, 11) is 0. The molecule has 274 valence electrons. The van der Waals surface area contributed by atoms with Crippen molar-refractivity contribution in [1.82, 2.24) is 9.55 Å². The second kappa shape index (κ2) is 12.8. The lowest BCUT2D eigenvalue weighted by Crippen LogP contribution is -2.29. The summed E-state index contributed by atoms with van der Waals surface area (Å²) in [6.07, 6.45) is 1.93. The molecule has 0 atom stereocenters. The van der Waals surface area contributed by atoms with Crippen LogP contribution in [0.1, 0.15) is 51.7 Å². The van der Waals surface area contributed by atoms with Crippen molar-refractivity contribution in [2.45, 2.75) is 25.2 Å². The van der Waals surface area contributed by atoms with E-state index in [1.54, 1.807) is 11.1 Å². The van der Waals surface area contributed by atoms with Gasteiger partial charge in [-0.2, -0.15) is 5.06 Å². The van der Waals surface area contributed by atoms with Gasteiger partial charge in [0.2, 0.25) is 0 Å². The van der Waals surface area contributed by atoms with E-state index in [1.165, 1.54) is 33.4 Å². The zero-order chi connectivity index (χ0) is 40.8. The van der Waals surface area contributed by atoms with Gasteiger partial charge in [-0.3, -0.25) is 4.57 Å². The molecular weight excluding hydrogens is 697 g/mol. The van der Waals surface area contributed by atoms with Gasteiger partial charge < -0.3 is 0 Å². The number of hydrogen-bond acceptors (Lipinski definition) is 4. The first-order valence-corrected chi connectivity index (χ1v) is 19.5. The summed E-state index contributed by atoms with van der Waals surface area (Å²) in [6, 6.07) is 61.6. The highest BCUT2D eigenvalue weighted by molar-refractivity contribution is 6.09. The van der Waals surface area contributed by atoms with Crippen LogP contribution in [-0.4, -0.2) is 16.5 Å². The Hall–Kier alpha value is -6.95. The Morgan fingerprint density at radius 3 is 2.04 bits per heavy atom. The molecule has 0 unspecified atom stereocenters. The number of benzene rings is 7. The molecule has 57 heavy (non-hydrogen) atoms. The number of aromatic nitrogens is 2. The van der Waals surface area contributed by atoms with Crippen molar-refractivity contribution in [3.05, 3.63) is 210 Å². The van der Waals surface area contributed by atoms with Crippen LogP contribution in [0.4, 0.5) is 17.1 Å². The summed E-state index contributed by atoms with van der Waals surface area (Å²) in [4.78, 5) is 11.2. The zero-order valence-corrected chi connectivity index (χ0v) is 31.6. The first-order valence-electron chi connectivity index (χ1n) is 21.0. The minimum Gasteiger partial charge on any atom is -0.294 e. The van der Waals surface area contributed by atoms with E-state index >= 15 is 0 Å². The highest BCUT2D eigenvalue weighted by atomic mass is 16.8. The van der Waals surface area contributed by atoms with Gasteiger partial charge in [-0.25, -0.2) is 10.0 Å². The smallest absolute Gasteiger partial charge is 0.138 e. The van der Waals surface area contributed by atoms with Crippen LogP contribution in [0, 0.1) is 0 Å². The molecule has 0 N–H and O–H groups in total. The van der Waals surface area contributed by atoms with Crippen molar-refractivity contribution in [3.8, 4) is 28.1 Å². The van der Waals surface area contributed by atoms with E-state index in [1.807, 2.05) is 36.5 Å². The summed E-state index contributed by atoms with van der Waals surface area (Å²) in [5, 5.41) is 4.94. The lowest BCUT2D eigenvalue weighted by molar-refractivity contribution is 0.142. The van der Waals surface area contributed by atoms with Gasteiger partial charge in [0.05, 0.1) is 33.5 Å². The maximum absolute atomic E-state index is 8.26. The quantitative estimate of drug-likeness (QED) is 0.170. The molecule has 0 radical (unpaired) electrons. The van der Waals surface area contributed by atoms with Crippen molar-refractivity contribution in [2.24, 2.45) is 0 Å². The molecule has 0 fully saturated rings. The molecule has 7 aromatic carbocycles. The number of para-hydroxylation sites is 3. The predicted molar refractivity (Wildman–Crippen MR) is 233 cm³/mol. The van der Waals surface area contributed by atoms with E-state index < -0.39 is 12.4 Å². The van der Waals surface area contributed by atoms with Gasteiger partial charge in [0.15, 0.2) is 0 Å². The van der Waals surface area contributed by atoms with Crippen LogP contribution in [0.2, 0.25) is 0 Å². The highest BCUT2D eigenvalue weighted by Crippen LogP contribution is 2.57. The van der Waals surface area contributed by atoms with E-state index in [9.17, 15) is 0 Å². The van der Waals surface area contributed by atoms with Gasteiger partial charge in [0, 0.05) is 28.1 Å². The summed E-state index contributed by atoms with van der Waals surface area (Å²) >= 11 is 0. The van der Waals surface area contributed by atoms with E-state index in [-0.39, 0.29) is 0 Å². The molecule has 5 nitrogen and oxygen atoms in total. The fourth-order valence-electron chi connectivity index (χ4n) is 9.47. The first kappa shape index (κ1) is 30.3. The van der Waals surface area contributed by atoms with E-state index in [0.717, 1.165) is 49.4 Å². The largest absolute Gasteiger partial charge is 0.294 e.